The molecule has 0 unspecified atom stereocenters. The van der Waals surface area contributed by atoms with Gasteiger partial charge in [-0.15, -0.1) is 0 Å². The molecule has 0 saturated carbocycles. The number of hydrogen-bond donors (Lipinski definition) is 1. The molecule has 3 aromatic rings. The summed E-state index contributed by atoms with van der Waals surface area (Å²) in [6.07, 6.45) is 1.59. The maximum atomic E-state index is 13.0. The van der Waals surface area contributed by atoms with Crippen molar-refractivity contribution in [2.75, 3.05) is 11.9 Å². The van der Waals surface area contributed by atoms with Crippen LogP contribution in [0.1, 0.15) is 5.56 Å². The largest absolute Gasteiger partial charge is 0.482 e. The number of rotatable bonds is 6. The average molecular weight is 394 g/mol. The van der Waals surface area contributed by atoms with Crippen LogP contribution >= 0.6 is 23.2 Å². The molecule has 3 rings (SSSR count). The number of benzene rings is 2. The molecule has 0 radical (unpaired) electrons. The highest BCUT2D eigenvalue weighted by Crippen LogP contribution is 2.24. The fourth-order valence-electron chi connectivity index (χ4n) is 2.24. The van der Waals surface area contributed by atoms with Crippen LogP contribution in [0.5, 0.6) is 5.75 Å². The summed E-state index contributed by atoms with van der Waals surface area (Å²) in [4.78, 5) is 12.1. The Bertz CT molecular complexity index is 913. The van der Waals surface area contributed by atoms with E-state index in [-0.39, 0.29) is 23.3 Å². The summed E-state index contributed by atoms with van der Waals surface area (Å²) in [7, 11) is 0. The smallest absolute Gasteiger partial charge is 0.263 e. The number of halogens is 3. The van der Waals surface area contributed by atoms with Gasteiger partial charge >= 0.3 is 0 Å². The van der Waals surface area contributed by atoms with E-state index in [4.69, 9.17) is 27.9 Å². The van der Waals surface area contributed by atoms with Gasteiger partial charge in [0, 0.05) is 11.1 Å². The maximum Gasteiger partial charge on any atom is 0.263 e. The summed E-state index contributed by atoms with van der Waals surface area (Å²) in [6, 6.07) is 12.7. The molecular weight excluding hydrogens is 380 g/mol. The van der Waals surface area contributed by atoms with E-state index in [1.807, 2.05) is 12.1 Å². The summed E-state index contributed by atoms with van der Waals surface area (Å²) >= 11 is 11.7. The van der Waals surface area contributed by atoms with Gasteiger partial charge in [0.1, 0.15) is 17.4 Å². The van der Waals surface area contributed by atoms with Crippen LogP contribution in [-0.4, -0.2) is 22.3 Å². The van der Waals surface area contributed by atoms with Crippen molar-refractivity contribution in [2.45, 2.75) is 6.54 Å². The Morgan fingerprint density at radius 3 is 2.65 bits per heavy atom. The third-order valence-electron chi connectivity index (χ3n) is 3.48. The zero-order chi connectivity index (χ0) is 18.5. The van der Waals surface area contributed by atoms with E-state index in [1.54, 1.807) is 29.1 Å². The van der Waals surface area contributed by atoms with Gasteiger partial charge in [-0.2, -0.15) is 5.10 Å². The summed E-state index contributed by atoms with van der Waals surface area (Å²) in [5.74, 6) is -0.0993. The van der Waals surface area contributed by atoms with Gasteiger partial charge in [0.2, 0.25) is 0 Å². The minimum absolute atomic E-state index is 0.102. The second kappa shape index (κ2) is 8.21. The summed E-state index contributed by atoms with van der Waals surface area (Å²) in [5.41, 5.74) is 0.989. The molecule has 0 aliphatic heterocycles. The van der Waals surface area contributed by atoms with E-state index in [1.165, 1.54) is 12.1 Å². The number of aromatic nitrogens is 2. The molecule has 8 heteroatoms. The third-order valence-corrected chi connectivity index (χ3v) is 4.03. The van der Waals surface area contributed by atoms with Crippen molar-refractivity contribution in [3.63, 3.8) is 0 Å². The molecule has 26 heavy (non-hydrogen) atoms. The topological polar surface area (TPSA) is 56.1 Å². The first-order valence-corrected chi connectivity index (χ1v) is 8.41. The Labute approximate surface area is 159 Å². The highest BCUT2D eigenvalue weighted by molar-refractivity contribution is 6.32. The van der Waals surface area contributed by atoms with Crippen molar-refractivity contribution in [1.29, 1.82) is 0 Å². The molecule has 5 nitrogen and oxygen atoms in total. The van der Waals surface area contributed by atoms with Crippen LogP contribution in [0.25, 0.3) is 0 Å². The van der Waals surface area contributed by atoms with Crippen molar-refractivity contribution < 1.29 is 13.9 Å². The van der Waals surface area contributed by atoms with Crippen LogP contribution in [0.2, 0.25) is 10.0 Å². The van der Waals surface area contributed by atoms with E-state index >= 15 is 0 Å². The lowest BCUT2D eigenvalue weighted by Gasteiger charge is -2.11. The molecule has 1 N–H and O–H groups in total. The van der Waals surface area contributed by atoms with Gasteiger partial charge in [-0.1, -0.05) is 35.3 Å². The van der Waals surface area contributed by atoms with Gasteiger partial charge in [-0.25, -0.2) is 9.07 Å². The zero-order valence-corrected chi connectivity index (χ0v) is 15.0. The lowest BCUT2D eigenvalue weighted by atomic mass is 10.2. The number of carbonyl (C=O) groups excluding carboxylic acids is 1. The molecular formula is C18H14Cl2FN3O2. The molecule has 134 valence electrons. The van der Waals surface area contributed by atoms with Gasteiger partial charge in [0.25, 0.3) is 5.91 Å². The predicted octanol–water partition coefficient (Wildman–Crippen LogP) is 4.39. The van der Waals surface area contributed by atoms with Gasteiger partial charge in [-0.05, 0) is 35.9 Å². The molecule has 2 aromatic carbocycles. The number of nitrogens with zero attached hydrogens (tertiary/aromatic N) is 2. The number of nitrogens with one attached hydrogen (secondary N) is 1. The molecule has 1 heterocycles. The van der Waals surface area contributed by atoms with Crippen molar-refractivity contribution in [3.8, 4) is 5.75 Å². The Hall–Kier alpha value is -2.57. The van der Waals surface area contributed by atoms with Gasteiger partial charge in [0.05, 0.1) is 17.8 Å². The molecule has 1 amide bonds. The first-order valence-electron chi connectivity index (χ1n) is 7.65. The lowest BCUT2D eigenvalue weighted by Crippen LogP contribution is -2.22. The monoisotopic (exact) mass is 393 g/mol. The predicted molar refractivity (Wildman–Crippen MR) is 98.3 cm³/mol. The van der Waals surface area contributed by atoms with Crippen molar-refractivity contribution in [2.24, 2.45) is 0 Å². The van der Waals surface area contributed by atoms with Crippen molar-refractivity contribution in [1.82, 2.24) is 9.78 Å². The summed E-state index contributed by atoms with van der Waals surface area (Å²) < 4.78 is 20.0. The summed E-state index contributed by atoms with van der Waals surface area (Å²) in [6.45, 7) is 0.210. The number of ether oxygens (including phenoxy) is 1. The highest BCUT2D eigenvalue weighted by Gasteiger charge is 2.10. The van der Waals surface area contributed by atoms with Gasteiger partial charge in [-0.3, -0.25) is 4.79 Å². The van der Waals surface area contributed by atoms with Crippen LogP contribution in [0.3, 0.4) is 0 Å². The van der Waals surface area contributed by atoms with E-state index in [9.17, 15) is 9.18 Å². The number of amides is 1. The molecule has 1 aromatic heterocycles. The van der Waals surface area contributed by atoms with Crippen LogP contribution in [0.4, 0.5) is 10.2 Å². The van der Waals surface area contributed by atoms with E-state index in [0.29, 0.717) is 17.4 Å². The van der Waals surface area contributed by atoms with Gasteiger partial charge in [0.15, 0.2) is 6.61 Å². The highest BCUT2D eigenvalue weighted by atomic mass is 35.5. The SMILES string of the molecule is O=C(COc1ccc(F)cc1Cl)Nc1ccnn1Cc1ccc(Cl)cc1. The molecule has 0 saturated heterocycles. The van der Waals surface area contributed by atoms with Crippen LogP contribution in [-0.2, 0) is 11.3 Å². The van der Waals surface area contributed by atoms with Crippen molar-refractivity contribution in [3.05, 3.63) is 76.2 Å². The Balaban J connectivity index is 1.59. The average Bonchev–Trinajstić information content (AvgIpc) is 3.03. The van der Waals surface area contributed by atoms with Crippen molar-refractivity contribution >= 4 is 34.9 Å². The molecule has 0 spiro atoms. The van der Waals surface area contributed by atoms with Gasteiger partial charge < -0.3 is 10.1 Å². The number of anilines is 1. The Morgan fingerprint density at radius 2 is 1.92 bits per heavy atom. The third kappa shape index (κ3) is 4.74. The first kappa shape index (κ1) is 18.2. The van der Waals surface area contributed by atoms with E-state index < -0.39 is 5.82 Å². The molecule has 0 aliphatic carbocycles. The van der Waals surface area contributed by atoms with Crippen LogP contribution in [0.15, 0.2) is 54.7 Å². The Morgan fingerprint density at radius 1 is 1.15 bits per heavy atom. The maximum absolute atomic E-state index is 13.0. The zero-order valence-electron chi connectivity index (χ0n) is 13.5. The fourth-order valence-corrected chi connectivity index (χ4v) is 2.59. The number of hydrogen-bond acceptors (Lipinski definition) is 3. The molecule has 0 atom stereocenters. The normalized spacial score (nSPS) is 10.6. The number of carbonyl (C=O) groups is 1. The minimum atomic E-state index is -0.474. The molecule has 0 bridgehead atoms. The second-order valence-corrected chi connectivity index (χ2v) is 6.26. The van der Waals surface area contributed by atoms with Crippen LogP contribution < -0.4 is 10.1 Å². The molecule has 0 fully saturated rings. The molecule has 0 aliphatic rings. The Kier molecular flexibility index (Phi) is 5.75. The second-order valence-electron chi connectivity index (χ2n) is 5.41. The summed E-state index contributed by atoms with van der Waals surface area (Å²) in [5, 5.41) is 7.67. The van der Waals surface area contributed by atoms with Crippen LogP contribution in [0, 0.1) is 5.82 Å². The van der Waals surface area contributed by atoms with E-state index in [2.05, 4.69) is 10.4 Å². The lowest BCUT2D eigenvalue weighted by molar-refractivity contribution is -0.118. The van der Waals surface area contributed by atoms with E-state index in [0.717, 1.165) is 11.6 Å². The standard InChI is InChI=1S/C18H14Cl2FN3O2/c19-13-3-1-12(2-4-13)10-24-17(7-8-22-24)23-18(25)11-26-16-6-5-14(21)9-15(16)20/h1-9H,10-11H2,(H,23,25). The quantitative estimate of drug-likeness (QED) is 0.675. The first-order chi connectivity index (χ1) is 12.5. The fraction of sp³-hybridized carbons (Fsp3) is 0.111. The minimum Gasteiger partial charge on any atom is -0.482 e.